The molecule has 64 heavy (non-hydrogen) atoms. The summed E-state index contributed by atoms with van der Waals surface area (Å²) in [6.45, 7) is 10.2. The molecule has 0 aliphatic carbocycles. The Labute approximate surface area is 370 Å². The van der Waals surface area contributed by atoms with Crippen molar-refractivity contribution in [2.45, 2.75) is 33.1 Å². The molecule has 0 radical (unpaired) electrons. The van der Waals surface area contributed by atoms with Crippen LogP contribution in [0.3, 0.4) is 0 Å². The number of aryl methyl sites for hydroxylation is 2. The zero-order valence-corrected chi connectivity index (χ0v) is 35.9. The highest BCUT2D eigenvalue weighted by Crippen LogP contribution is 2.34. The molecule has 0 spiro atoms. The lowest BCUT2D eigenvalue weighted by atomic mass is 10.0. The number of fused-ring (bicyclic) bond motifs is 4. The van der Waals surface area contributed by atoms with Crippen LogP contribution in [0.5, 0.6) is 0 Å². The molecule has 13 heteroatoms. The minimum Gasteiger partial charge on any atom is -0.357 e. The Morgan fingerprint density at radius 1 is 0.453 bits per heavy atom. The van der Waals surface area contributed by atoms with E-state index in [0.717, 1.165) is 140 Å². The van der Waals surface area contributed by atoms with Crippen LogP contribution in [0.2, 0.25) is 0 Å². The molecular formula is C51H47N13. The van der Waals surface area contributed by atoms with Gasteiger partial charge in [0, 0.05) is 132 Å². The molecule has 8 aromatic heterocycles. The van der Waals surface area contributed by atoms with Gasteiger partial charge in [-0.1, -0.05) is 36.4 Å². The topological polar surface area (TPSA) is 130 Å². The minimum absolute atomic E-state index is 0.829. The van der Waals surface area contributed by atoms with Crippen molar-refractivity contribution in [2.75, 3.05) is 49.1 Å². The van der Waals surface area contributed by atoms with Gasteiger partial charge < -0.3 is 15.1 Å². The number of hydrogen-bond donors (Lipinski definition) is 1. The molecule has 0 unspecified atom stereocenters. The van der Waals surface area contributed by atoms with E-state index >= 15 is 0 Å². The van der Waals surface area contributed by atoms with E-state index in [1.165, 1.54) is 19.3 Å². The molecule has 316 valence electrons. The molecular weight excluding hydrogens is 795 g/mol. The number of para-hydroxylation sites is 2. The first kappa shape index (κ1) is 39.2. The van der Waals surface area contributed by atoms with Crippen LogP contribution in [0.25, 0.3) is 77.6 Å². The lowest BCUT2D eigenvalue weighted by molar-refractivity contribution is 0.573. The van der Waals surface area contributed by atoms with Gasteiger partial charge in [-0.25, -0.2) is 29.0 Å². The standard InChI is InChI=1S/C26H24N6.C25H23N7/c1-18-13-22(21-7-3-4-8-24(21)30-18)23-16-29-32-17-20(15-28-26(23)32)19-9-10-25(27-14-19)31-11-5-2-6-12-31;1-17-12-21(20-4-2-3-5-23(20)30-17)22-15-29-32-16-19(14-28-25(22)32)18-6-7-24(27-13-18)31-10-8-26-9-11-31/h3-4,7-10,13-17H,2,5-6,11-12H2,1H3;2-7,12-16,26H,8-11H2,1H3. The number of piperidine rings is 1. The van der Waals surface area contributed by atoms with Gasteiger partial charge in [0.25, 0.3) is 0 Å². The van der Waals surface area contributed by atoms with Crippen LogP contribution < -0.4 is 15.1 Å². The molecule has 2 aliphatic rings. The zero-order valence-electron chi connectivity index (χ0n) is 35.9. The van der Waals surface area contributed by atoms with Crippen molar-refractivity contribution >= 4 is 44.7 Å². The normalized spacial score (nSPS) is 14.3. The summed E-state index contributed by atoms with van der Waals surface area (Å²) in [5, 5.41) is 14.8. The molecule has 0 atom stereocenters. The van der Waals surface area contributed by atoms with Crippen molar-refractivity contribution < 1.29 is 0 Å². The number of piperazine rings is 1. The number of pyridine rings is 4. The van der Waals surface area contributed by atoms with Gasteiger partial charge in [0.2, 0.25) is 0 Å². The van der Waals surface area contributed by atoms with Gasteiger partial charge >= 0.3 is 0 Å². The average molecular weight is 842 g/mol. The molecule has 10 aromatic rings. The van der Waals surface area contributed by atoms with Crippen LogP contribution >= 0.6 is 0 Å². The van der Waals surface area contributed by atoms with Crippen molar-refractivity contribution in [3.63, 3.8) is 0 Å². The molecule has 2 aliphatic heterocycles. The number of benzene rings is 2. The first-order valence-corrected chi connectivity index (χ1v) is 22.1. The van der Waals surface area contributed by atoms with Crippen molar-refractivity contribution in [1.29, 1.82) is 0 Å². The van der Waals surface area contributed by atoms with Crippen LogP contribution in [0, 0.1) is 13.8 Å². The van der Waals surface area contributed by atoms with Crippen LogP contribution in [-0.4, -0.2) is 88.4 Å². The quantitative estimate of drug-likeness (QED) is 0.172. The second-order valence-electron chi connectivity index (χ2n) is 16.6. The molecule has 13 nitrogen and oxygen atoms in total. The number of rotatable bonds is 6. The Morgan fingerprint density at radius 2 is 0.922 bits per heavy atom. The number of hydrogen-bond acceptors (Lipinski definition) is 11. The van der Waals surface area contributed by atoms with Gasteiger partial charge in [0.15, 0.2) is 11.3 Å². The third-order valence-corrected chi connectivity index (χ3v) is 12.3. The van der Waals surface area contributed by atoms with Crippen LogP contribution in [0.1, 0.15) is 30.7 Å². The largest absolute Gasteiger partial charge is 0.357 e. The summed E-state index contributed by atoms with van der Waals surface area (Å²) in [5.41, 5.74) is 13.9. The number of anilines is 2. The SMILES string of the molecule is Cc1cc(-c2cnn3cc(-c4ccc(N5CCCCC5)nc4)cnc23)c2ccccc2n1.Cc1cc(-c2cnn3cc(-c4ccc(N5CCNCC5)nc4)cnc23)c2ccccc2n1. The lowest BCUT2D eigenvalue weighted by Gasteiger charge is -2.28. The van der Waals surface area contributed by atoms with Gasteiger partial charge in [0.1, 0.15) is 11.6 Å². The van der Waals surface area contributed by atoms with E-state index in [1.54, 1.807) is 0 Å². The van der Waals surface area contributed by atoms with E-state index in [2.05, 4.69) is 88.8 Å². The van der Waals surface area contributed by atoms with E-state index < -0.39 is 0 Å². The Bertz CT molecular complexity index is 3050. The Morgan fingerprint density at radius 3 is 1.41 bits per heavy atom. The molecule has 10 heterocycles. The summed E-state index contributed by atoms with van der Waals surface area (Å²) >= 11 is 0. The van der Waals surface area contributed by atoms with Gasteiger partial charge in [-0.3, -0.25) is 9.97 Å². The molecule has 2 aromatic carbocycles. The first-order chi connectivity index (χ1) is 31.5. The number of nitrogens with one attached hydrogen (secondary N) is 1. The third-order valence-electron chi connectivity index (χ3n) is 12.3. The monoisotopic (exact) mass is 841 g/mol. The maximum absolute atomic E-state index is 4.78. The molecule has 0 amide bonds. The summed E-state index contributed by atoms with van der Waals surface area (Å²) in [6.07, 6.45) is 19.3. The maximum Gasteiger partial charge on any atom is 0.162 e. The predicted molar refractivity (Wildman–Crippen MR) is 255 cm³/mol. The fourth-order valence-electron chi connectivity index (χ4n) is 8.99. The number of nitrogens with zero attached hydrogens (tertiary/aromatic N) is 12. The van der Waals surface area contributed by atoms with Crippen molar-refractivity contribution in [3.05, 3.63) is 146 Å². The van der Waals surface area contributed by atoms with E-state index in [0.29, 0.717) is 0 Å². The predicted octanol–water partition coefficient (Wildman–Crippen LogP) is 9.03. The minimum atomic E-state index is 0.829. The molecule has 0 bridgehead atoms. The van der Waals surface area contributed by atoms with E-state index in [1.807, 2.05) is 109 Å². The van der Waals surface area contributed by atoms with E-state index in [-0.39, 0.29) is 0 Å². The maximum atomic E-state index is 4.78. The summed E-state index contributed by atoms with van der Waals surface area (Å²) in [4.78, 5) is 33.0. The Balaban J connectivity index is 0.000000143. The molecule has 0 saturated carbocycles. The summed E-state index contributed by atoms with van der Waals surface area (Å²) in [5.74, 6) is 2.08. The molecule has 2 fully saturated rings. The van der Waals surface area contributed by atoms with Crippen LogP contribution in [0.4, 0.5) is 11.6 Å². The summed E-state index contributed by atoms with van der Waals surface area (Å²) < 4.78 is 3.70. The molecule has 12 rings (SSSR count). The van der Waals surface area contributed by atoms with Gasteiger partial charge in [-0.05, 0) is 92.8 Å². The van der Waals surface area contributed by atoms with Crippen LogP contribution in [-0.2, 0) is 0 Å². The zero-order chi connectivity index (χ0) is 43.0. The van der Waals surface area contributed by atoms with Crippen molar-refractivity contribution in [3.8, 4) is 44.5 Å². The molecule has 1 N–H and O–H groups in total. The molecule has 2 saturated heterocycles. The second kappa shape index (κ2) is 16.9. The Hall–Kier alpha value is -7.64. The highest BCUT2D eigenvalue weighted by Gasteiger charge is 2.17. The highest BCUT2D eigenvalue weighted by atomic mass is 15.3. The van der Waals surface area contributed by atoms with E-state index in [9.17, 15) is 0 Å². The Kier molecular flexibility index (Phi) is 10.4. The highest BCUT2D eigenvalue weighted by molar-refractivity contribution is 5.99. The van der Waals surface area contributed by atoms with Crippen molar-refractivity contribution in [2.24, 2.45) is 0 Å². The summed E-state index contributed by atoms with van der Waals surface area (Å²) in [6, 6.07) is 29.1. The van der Waals surface area contributed by atoms with Gasteiger partial charge in [0.05, 0.1) is 23.4 Å². The number of aromatic nitrogens is 10. The fourth-order valence-corrected chi connectivity index (χ4v) is 8.99. The van der Waals surface area contributed by atoms with E-state index in [4.69, 9.17) is 15.0 Å². The lowest BCUT2D eigenvalue weighted by Crippen LogP contribution is -2.43. The van der Waals surface area contributed by atoms with Gasteiger partial charge in [-0.15, -0.1) is 0 Å². The summed E-state index contributed by atoms with van der Waals surface area (Å²) in [7, 11) is 0. The average Bonchev–Trinajstić information content (AvgIpc) is 3.98. The van der Waals surface area contributed by atoms with Crippen LogP contribution in [0.15, 0.2) is 135 Å². The third kappa shape index (κ3) is 7.64. The van der Waals surface area contributed by atoms with Crippen molar-refractivity contribution in [1.82, 2.24) is 54.4 Å². The first-order valence-electron chi connectivity index (χ1n) is 22.1. The van der Waals surface area contributed by atoms with Gasteiger partial charge in [-0.2, -0.15) is 10.2 Å². The fraction of sp³-hybridized carbons (Fsp3) is 0.216. The second-order valence-corrected chi connectivity index (χ2v) is 16.6. The smallest absolute Gasteiger partial charge is 0.162 e.